The van der Waals surface area contributed by atoms with Crippen molar-refractivity contribution in [1.29, 1.82) is 5.26 Å². The van der Waals surface area contributed by atoms with Gasteiger partial charge in [0.15, 0.2) is 0 Å². The normalized spacial score (nSPS) is 22.6. The second kappa shape index (κ2) is 10.5. The van der Waals surface area contributed by atoms with Crippen molar-refractivity contribution in [3.8, 4) is 17.2 Å². The molecule has 1 aromatic heterocycles. The molecule has 6 rings (SSSR count). The lowest BCUT2D eigenvalue weighted by molar-refractivity contribution is -0.130. The third-order valence-corrected chi connectivity index (χ3v) is 10.1. The fourth-order valence-corrected chi connectivity index (χ4v) is 8.12. The first-order chi connectivity index (χ1) is 20.1. The molecule has 8 nitrogen and oxygen atoms in total. The van der Waals surface area contributed by atoms with Crippen LogP contribution in [0.1, 0.15) is 43.9 Å². The first kappa shape index (κ1) is 28.4. The summed E-state index contributed by atoms with van der Waals surface area (Å²) in [6.45, 7) is 10.9. The lowest BCUT2D eigenvalue weighted by atomic mass is 9.91. The van der Waals surface area contributed by atoms with Crippen LogP contribution in [0.4, 0.5) is 10.2 Å². The van der Waals surface area contributed by atoms with Crippen molar-refractivity contribution in [3.63, 3.8) is 0 Å². The first-order valence-electron chi connectivity index (χ1n) is 14.3. The molecule has 3 aromatic rings. The van der Waals surface area contributed by atoms with Crippen molar-refractivity contribution in [2.45, 2.75) is 62.0 Å². The number of nitriles is 1. The molecule has 2 aromatic carbocycles. The summed E-state index contributed by atoms with van der Waals surface area (Å²) in [5.74, 6) is 0.667. The van der Waals surface area contributed by atoms with Crippen LogP contribution in [0.15, 0.2) is 46.6 Å². The molecular formula is C32H34FN5O3S. The Hall–Kier alpha value is -3.68. The van der Waals surface area contributed by atoms with E-state index in [1.165, 1.54) is 12.1 Å². The summed E-state index contributed by atoms with van der Waals surface area (Å²) in [4.78, 5) is 35.7. The summed E-state index contributed by atoms with van der Waals surface area (Å²) >= 11 is 1.60. The number of ether oxygens (including phenoxy) is 1. The van der Waals surface area contributed by atoms with E-state index >= 15 is 4.39 Å². The van der Waals surface area contributed by atoms with Crippen molar-refractivity contribution in [3.05, 3.63) is 64.3 Å². The Morgan fingerprint density at radius 1 is 1.29 bits per heavy atom. The molecule has 218 valence electrons. The molecule has 0 radical (unpaired) electrons. The van der Waals surface area contributed by atoms with Crippen molar-refractivity contribution in [2.24, 2.45) is 0 Å². The second-order valence-corrected chi connectivity index (χ2v) is 12.8. The van der Waals surface area contributed by atoms with Crippen molar-refractivity contribution < 1.29 is 13.9 Å². The van der Waals surface area contributed by atoms with E-state index in [-0.39, 0.29) is 35.5 Å². The average molecular weight is 588 g/mol. The zero-order valence-corrected chi connectivity index (χ0v) is 25.1. The van der Waals surface area contributed by atoms with Gasteiger partial charge in [-0.05, 0) is 69.0 Å². The van der Waals surface area contributed by atoms with Crippen LogP contribution in [-0.2, 0) is 14.9 Å². The van der Waals surface area contributed by atoms with Crippen LogP contribution in [-0.4, -0.2) is 65.0 Å². The molecule has 10 heteroatoms. The van der Waals surface area contributed by atoms with Gasteiger partial charge in [0.2, 0.25) is 5.91 Å². The van der Waals surface area contributed by atoms with Crippen molar-refractivity contribution in [2.75, 3.05) is 37.5 Å². The highest BCUT2D eigenvalue weighted by molar-refractivity contribution is 7.99. The van der Waals surface area contributed by atoms with Crippen LogP contribution in [0.3, 0.4) is 0 Å². The maximum absolute atomic E-state index is 15.6. The molecule has 0 spiro atoms. The third-order valence-electron chi connectivity index (χ3n) is 8.89. The van der Waals surface area contributed by atoms with E-state index in [9.17, 15) is 14.9 Å². The number of methoxy groups -OCH3 is 1. The minimum atomic E-state index is -0.553. The minimum Gasteiger partial charge on any atom is -0.383 e. The molecule has 0 unspecified atom stereocenters. The molecule has 3 aliphatic rings. The van der Waals surface area contributed by atoms with Gasteiger partial charge in [0.05, 0.1) is 29.6 Å². The number of carbonyl (C=O) groups excluding carboxylic acids is 1. The van der Waals surface area contributed by atoms with Crippen LogP contribution in [0.5, 0.6) is 0 Å². The van der Waals surface area contributed by atoms with Gasteiger partial charge in [0.1, 0.15) is 11.6 Å². The van der Waals surface area contributed by atoms with Gasteiger partial charge >= 0.3 is 5.69 Å². The lowest BCUT2D eigenvalue weighted by Crippen LogP contribution is -2.58. The predicted molar refractivity (Wildman–Crippen MR) is 162 cm³/mol. The topological polar surface area (TPSA) is 91.5 Å². The highest BCUT2D eigenvalue weighted by Gasteiger charge is 2.45. The number of aromatic nitrogens is 2. The molecule has 2 aliphatic heterocycles. The van der Waals surface area contributed by atoms with Crippen molar-refractivity contribution >= 4 is 34.4 Å². The van der Waals surface area contributed by atoms with Gasteiger partial charge in [-0.1, -0.05) is 12.6 Å². The van der Waals surface area contributed by atoms with Crippen LogP contribution in [0.25, 0.3) is 22.0 Å². The summed E-state index contributed by atoms with van der Waals surface area (Å²) < 4.78 is 22.8. The quantitative estimate of drug-likeness (QED) is 0.376. The summed E-state index contributed by atoms with van der Waals surface area (Å²) in [7, 11) is 1.61. The molecular weight excluding hydrogens is 553 g/mol. The highest BCUT2D eigenvalue weighted by atomic mass is 32.2. The molecule has 0 bridgehead atoms. The van der Waals surface area contributed by atoms with Gasteiger partial charge in [-0.3, -0.25) is 9.36 Å². The third kappa shape index (κ3) is 4.41. The molecule has 0 N–H and O–H groups in total. The number of anilines is 1. The smallest absolute Gasteiger partial charge is 0.350 e. The van der Waals surface area contributed by atoms with Crippen LogP contribution >= 0.6 is 11.8 Å². The molecule has 1 amide bonds. The SMILES string of the molecule is C=CC(=O)N1[C@H](C)CN(c2nc(=O)n3c4c(c(-c5cc(C6(C#N)CC6)ccc5F)c(C)cc24)SC[C@@H]3COC)C[C@@H]1C. The Kier molecular flexibility index (Phi) is 7.14. The summed E-state index contributed by atoms with van der Waals surface area (Å²) in [6.07, 6.45) is 2.87. The van der Waals surface area contributed by atoms with Crippen LogP contribution in [0.2, 0.25) is 0 Å². The Balaban J connectivity index is 1.57. The van der Waals surface area contributed by atoms with Gasteiger partial charge in [0.25, 0.3) is 0 Å². The number of halogens is 1. The number of hydrogen-bond donors (Lipinski definition) is 0. The van der Waals surface area contributed by atoms with Crippen LogP contribution in [0, 0.1) is 24.1 Å². The summed E-state index contributed by atoms with van der Waals surface area (Å²) in [5, 5.41) is 10.6. The fraction of sp³-hybridized carbons (Fsp3) is 0.438. The average Bonchev–Trinajstić information content (AvgIpc) is 3.77. The predicted octanol–water partition coefficient (Wildman–Crippen LogP) is 4.97. The number of rotatable bonds is 6. The molecule has 3 atom stereocenters. The highest BCUT2D eigenvalue weighted by Crippen LogP contribution is 2.50. The van der Waals surface area contributed by atoms with Gasteiger partial charge in [-0.2, -0.15) is 10.2 Å². The van der Waals surface area contributed by atoms with Gasteiger partial charge in [0, 0.05) is 59.4 Å². The fourth-order valence-electron chi connectivity index (χ4n) is 6.75. The standard InChI is InChI=1S/C32H34FN5O3S/c1-6-26(39)37-19(3)13-36(14-20(37)4)30-24-11-18(2)27(23-12-21(7-8-25(23)33)32(17-34)9-10-32)29-28(24)38(31(40)35-30)22(15-41-5)16-42-29/h6-8,11-12,19-20,22H,1,9-10,13-16H2,2-5H3/t19-,20+,22-/m0/s1. The van der Waals surface area contributed by atoms with E-state index in [1.54, 1.807) is 29.5 Å². The Labute approximate surface area is 248 Å². The summed E-state index contributed by atoms with van der Waals surface area (Å²) in [5.41, 5.74) is 2.67. The second-order valence-electron chi connectivity index (χ2n) is 11.7. The van der Waals surface area contributed by atoms with E-state index in [0.29, 0.717) is 36.8 Å². The number of hydrogen-bond acceptors (Lipinski definition) is 7. The van der Waals surface area contributed by atoms with Gasteiger partial charge in [-0.25, -0.2) is 9.18 Å². The number of aryl methyl sites for hydroxylation is 1. The Morgan fingerprint density at radius 3 is 2.62 bits per heavy atom. The lowest BCUT2D eigenvalue weighted by Gasteiger charge is -2.45. The van der Waals surface area contributed by atoms with E-state index in [2.05, 4.69) is 22.5 Å². The number of piperazine rings is 1. The number of carbonyl (C=O) groups is 1. The largest absolute Gasteiger partial charge is 0.383 e. The van der Waals surface area contributed by atoms with E-state index in [1.807, 2.05) is 37.8 Å². The molecule has 1 saturated heterocycles. The number of benzene rings is 2. The van der Waals surface area contributed by atoms with E-state index < -0.39 is 5.41 Å². The summed E-state index contributed by atoms with van der Waals surface area (Å²) in [6, 6.07) is 8.95. The van der Waals surface area contributed by atoms with E-state index in [4.69, 9.17) is 4.74 Å². The number of amides is 1. The number of nitrogens with zero attached hydrogens (tertiary/aromatic N) is 5. The number of thioether (sulfide) groups is 1. The van der Waals surface area contributed by atoms with Gasteiger partial charge < -0.3 is 14.5 Å². The van der Waals surface area contributed by atoms with Crippen molar-refractivity contribution in [1.82, 2.24) is 14.5 Å². The van der Waals surface area contributed by atoms with E-state index in [0.717, 1.165) is 45.3 Å². The van der Waals surface area contributed by atoms with Gasteiger partial charge in [-0.15, -0.1) is 11.8 Å². The molecule has 3 heterocycles. The maximum atomic E-state index is 15.6. The first-order valence-corrected chi connectivity index (χ1v) is 15.3. The molecule has 1 aliphatic carbocycles. The zero-order valence-electron chi connectivity index (χ0n) is 24.3. The Morgan fingerprint density at radius 2 is 2.00 bits per heavy atom. The maximum Gasteiger partial charge on any atom is 0.350 e. The molecule has 42 heavy (non-hydrogen) atoms. The molecule has 2 fully saturated rings. The molecule has 1 saturated carbocycles. The monoisotopic (exact) mass is 587 g/mol. The van der Waals surface area contributed by atoms with Crippen LogP contribution < -0.4 is 10.6 Å². The zero-order chi connectivity index (χ0) is 29.9. The Bertz CT molecular complexity index is 1710. The minimum absolute atomic E-state index is 0.117.